The van der Waals surface area contributed by atoms with Gasteiger partial charge in [0.1, 0.15) is 0 Å². The highest BCUT2D eigenvalue weighted by Crippen LogP contribution is 2.12. The Hall–Kier alpha value is -1.00. The van der Waals surface area contributed by atoms with Gasteiger partial charge in [-0.15, -0.1) is 0 Å². The van der Waals surface area contributed by atoms with Crippen molar-refractivity contribution < 1.29 is 5.11 Å². The van der Waals surface area contributed by atoms with Gasteiger partial charge in [-0.2, -0.15) is 4.91 Å². The summed E-state index contributed by atoms with van der Waals surface area (Å²) in [5, 5.41) is 12.2. The molecule has 98 valence electrons. The molecule has 0 saturated heterocycles. The zero-order valence-electron chi connectivity index (χ0n) is 11.0. The Balaban J connectivity index is 4.47. The number of nitrogens with zero attached hydrogens (tertiary/aromatic N) is 1. The van der Waals surface area contributed by atoms with Crippen molar-refractivity contribution in [3.63, 3.8) is 0 Å². The van der Waals surface area contributed by atoms with Gasteiger partial charge in [0, 0.05) is 0 Å². The summed E-state index contributed by atoms with van der Waals surface area (Å²) < 4.78 is 0. The van der Waals surface area contributed by atoms with Crippen LogP contribution < -0.4 is 5.73 Å². The van der Waals surface area contributed by atoms with Gasteiger partial charge in [-0.25, -0.2) is 0 Å². The van der Waals surface area contributed by atoms with Crippen LogP contribution in [0.5, 0.6) is 0 Å². The fourth-order valence-corrected chi connectivity index (χ4v) is 1.27. The van der Waals surface area contributed by atoms with Crippen LogP contribution in [0.25, 0.3) is 0 Å². The minimum Gasteiger partial charge on any atom is -0.393 e. The largest absolute Gasteiger partial charge is 0.393 e. The van der Waals surface area contributed by atoms with Crippen molar-refractivity contribution >= 4 is 0 Å². The lowest BCUT2D eigenvalue weighted by molar-refractivity contribution is 0.198. The van der Waals surface area contributed by atoms with Crippen molar-refractivity contribution in [1.29, 1.82) is 0 Å². The van der Waals surface area contributed by atoms with Gasteiger partial charge in [0.05, 0.1) is 12.1 Å². The van der Waals surface area contributed by atoms with Crippen molar-refractivity contribution in [3.8, 4) is 0 Å². The van der Waals surface area contributed by atoms with Crippen LogP contribution in [0.3, 0.4) is 0 Å². The number of hydrogen-bond acceptors (Lipinski definition) is 4. The Labute approximate surface area is 104 Å². The molecule has 0 fully saturated rings. The van der Waals surface area contributed by atoms with Crippen molar-refractivity contribution in [2.24, 2.45) is 16.8 Å². The third-order valence-corrected chi connectivity index (χ3v) is 2.70. The maximum absolute atomic E-state index is 10.4. The summed E-state index contributed by atoms with van der Waals surface area (Å²) in [6.07, 6.45) is 6.98. The van der Waals surface area contributed by atoms with E-state index >= 15 is 0 Å². The summed E-state index contributed by atoms with van der Waals surface area (Å²) in [5.41, 5.74) is 6.62. The van der Waals surface area contributed by atoms with E-state index in [2.05, 4.69) is 5.18 Å². The summed E-state index contributed by atoms with van der Waals surface area (Å²) in [4.78, 5) is 10.4. The first-order valence-electron chi connectivity index (χ1n) is 6.09. The van der Waals surface area contributed by atoms with E-state index in [1.54, 1.807) is 13.8 Å². The van der Waals surface area contributed by atoms with Gasteiger partial charge in [-0.1, -0.05) is 35.9 Å². The first-order valence-corrected chi connectivity index (χ1v) is 6.09. The van der Waals surface area contributed by atoms with Crippen molar-refractivity contribution in [2.45, 2.75) is 45.8 Å². The fourth-order valence-electron chi connectivity index (χ4n) is 1.27. The minimum absolute atomic E-state index is 0.111. The van der Waals surface area contributed by atoms with E-state index < -0.39 is 0 Å². The third kappa shape index (κ3) is 7.82. The van der Waals surface area contributed by atoms with Crippen LogP contribution in [-0.4, -0.2) is 23.8 Å². The summed E-state index contributed by atoms with van der Waals surface area (Å²) in [6, 6.07) is -0.220. The molecule has 0 aromatic rings. The van der Waals surface area contributed by atoms with Crippen molar-refractivity contribution in [2.75, 3.05) is 6.54 Å². The Bertz CT molecular complexity index is 273. The quantitative estimate of drug-likeness (QED) is 0.505. The highest BCUT2D eigenvalue weighted by atomic mass is 16.3. The summed E-state index contributed by atoms with van der Waals surface area (Å²) in [5.74, 6) is 0.111. The molecule has 0 aromatic heterocycles. The van der Waals surface area contributed by atoms with E-state index in [-0.39, 0.29) is 18.1 Å². The first kappa shape index (κ1) is 16.0. The van der Waals surface area contributed by atoms with Crippen LogP contribution in [0.1, 0.15) is 33.6 Å². The van der Waals surface area contributed by atoms with E-state index in [0.717, 1.165) is 12.0 Å². The number of allylic oxidation sites excluding steroid dienone is 1. The van der Waals surface area contributed by atoms with E-state index in [4.69, 9.17) is 5.73 Å². The van der Waals surface area contributed by atoms with Crippen LogP contribution >= 0.6 is 0 Å². The molecule has 0 heterocycles. The second-order valence-corrected chi connectivity index (χ2v) is 4.47. The van der Waals surface area contributed by atoms with Crippen LogP contribution in [-0.2, 0) is 0 Å². The zero-order chi connectivity index (χ0) is 13.3. The van der Waals surface area contributed by atoms with Gasteiger partial charge in [0.2, 0.25) is 0 Å². The average Bonchev–Trinajstić information content (AvgIpc) is 2.31. The molecule has 3 N–H and O–H groups in total. The normalized spacial score (nSPS) is 18.1. The minimum atomic E-state index is -0.343. The predicted octanol–water partition coefficient (Wildman–Crippen LogP) is 2.38. The number of rotatable bonds is 8. The number of aliphatic hydroxyl groups is 1. The Morgan fingerprint density at radius 3 is 2.53 bits per heavy atom. The molecule has 0 aromatic carbocycles. The van der Waals surface area contributed by atoms with E-state index in [1.807, 2.05) is 25.2 Å². The molecule has 0 aliphatic carbocycles. The average molecular weight is 240 g/mol. The molecule has 4 heteroatoms. The molecule has 0 amide bonds. The molecule has 0 rings (SSSR count). The smallest absolute Gasteiger partial charge is 0.0951 e. The van der Waals surface area contributed by atoms with Crippen molar-refractivity contribution in [3.05, 3.63) is 28.7 Å². The van der Waals surface area contributed by atoms with Crippen LogP contribution in [0.2, 0.25) is 0 Å². The molecule has 3 atom stereocenters. The molecule has 0 radical (unpaired) electrons. The second-order valence-electron chi connectivity index (χ2n) is 4.47. The molecule has 0 bridgehead atoms. The van der Waals surface area contributed by atoms with Gasteiger partial charge in [-0.05, 0) is 39.2 Å². The van der Waals surface area contributed by atoms with Gasteiger partial charge < -0.3 is 10.8 Å². The predicted molar refractivity (Wildman–Crippen MR) is 71.6 cm³/mol. The topological polar surface area (TPSA) is 75.7 Å². The van der Waals surface area contributed by atoms with E-state index in [0.29, 0.717) is 13.0 Å². The lowest BCUT2D eigenvalue weighted by atomic mass is 10.0. The summed E-state index contributed by atoms with van der Waals surface area (Å²) in [7, 11) is 0. The van der Waals surface area contributed by atoms with Crippen LogP contribution in [0.4, 0.5) is 0 Å². The second kappa shape index (κ2) is 9.07. The van der Waals surface area contributed by atoms with E-state index in [1.165, 1.54) is 0 Å². The first-order chi connectivity index (χ1) is 8.01. The SMILES string of the molecule is C[C@H](O)CC=C(/C=C\[C@@H](C)[C@@H](C)N=O)CCN. The summed E-state index contributed by atoms with van der Waals surface area (Å²) in [6.45, 7) is 6.08. The Morgan fingerprint density at radius 2 is 2.06 bits per heavy atom. The highest BCUT2D eigenvalue weighted by Gasteiger charge is 2.08. The zero-order valence-corrected chi connectivity index (χ0v) is 11.0. The van der Waals surface area contributed by atoms with Gasteiger partial charge >= 0.3 is 0 Å². The van der Waals surface area contributed by atoms with Gasteiger partial charge in [-0.3, -0.25) is 0 Å². The molecule has 4 nitrogen and oxygen atoms in total. The van der Waals surface area contributed by atoms with E-state index in [9.17, 15) is 10.0 Å². The lowest BCUT2D eigenvalue weighted by Gasteiger charge is -2.08. The molecular weight excluding hydrogens is 216 g/mol. The summed E-state index contributed by atoms with van der Waals surface area (Å²) >= 11 is 0. The number of aliphatic hydroxyl groups excluding tert-OH is 1. The van der Waals surface area contributed by atoms with Gasteiger partial charge in [0.25, 0.3) is 0 Å². The standard InChI is InChI=1S/C13H24N2O2/c1-10(12(3)15-17)4-6-13(8-9-14)7-5-11(2)16/h4,6-7,10-12,16H,5,8-9,14H2,1-3H3/b6-4-,13-7?/t10-,11+,12-/m1/s1. The molecule has 0 unspecified atom stereocenters. The van der Waals surface area contributed by atoms with Crippen LogP contribution in [0.15, 0.2) is 29.0 Å². The molecule has 17 heavy (non-hydrogen) atoms. The molecule has 0 aliphatic rings. The highest BCUT2D eigenvalue weighted by molar-refractivity contribution is 5.20. The molecule has 0 spiro atoms. The number of nitrogens with two attached hydrogens (primary N) is 1. The maximum atomic E-state index is 10.4. The number of hydrogen-bond donors (Lipinski definition) is 2. The Kier molecular flexibility index (Phi) is 8.54. The number of nitroso groups, excluding NO2 is 1. The fraction of sp³-hybridized carbons (Fsp3) is 0.692. The molecule has 0 saturated carbocycles. The maximum Gasteiger partial charge on any atom is 0.0951 e. The molecular formula is C13H24N2O2. The Morgan fingerprint density at radius 1 is 1.41 bits per heavy atom. The lowest BCUT2D eigenvalue weighted by Crippen LogP contribution is -2.08. The monoisotopic (exact) mass is 240 g/mol. The van der Waals surface area contributed by atoms with Crippen molar-refractivity contribution in [1.82, 2.24) is 0 Å². The molecule has 0 aliphatic heterocycles. The third-order valence-electron chi connectivity index (χ3n) is 2.70. The van der Waals surface area contributed by atoms with Gasteiger partial charge in [0.15, 0.2) is 0 Å². The van der Waals surface area contributed by atoms with Crippen LogP contribution in [0, 0.1) is 10.8 Å².